The molecule has 0 unspecified atom stereocenters. The quantitative estimate of drug-likeness (QED) is 0.492. The van der Waals surface area contributed by atoms with Gasteiger partial charge in [-0.05, 0) is 18.2 Å². The van der Waals surface area contributed by atoms with Crippen LogP contribution in [0.2, 0.25) is 0 Å². The van der Waals surface area contributed by atoms with E-state index >= 15 is 0 Å². The molecule has 2 aromatic heterocycles. The van der Waals surface area contributed by atoms with Crippen molar-refractivity contribution in [1.29, 1.82) is 0 Å². The summed E-state index contributed by atoms with van der Waals surface area (Å²) < 4.78 is 41.0. The maximum atomic E-state index is 13.2. The van der Waals surface area contributed by atoms with Gasteiger partial charge in [0.05, 0.1) is 21.9 Å². The third-order valence-electron chi connectivity index (χ3n) is 4.50. The van der Waals surface area contributed by atoms with Crippen molar-refractivity contribution in [2.24, 2.45) is 7.05 Å². The summed E-state index contributed by atoms with van der Waals surface area (Å²) in [6, 6.07) is 9.04. The lowest BCUT2D eigenvalue weighted by atomic mass is 9.92. The molecule has 0 fully saturated rings. The van der Waals surface area contributed by atoms with Crippen LogP contribution in [-0.2, 0) is 18.6 Å². The zero-order valence-electron chi connectivity index (χ0n) is 17.3. The molecule has 1 radical (unpaired) electrons. The number of nitrogens with one attached hydrogen (secondary N) is 1. The number of alkyl halides is 3. The number of aryl methyl sites for hydroxylation is 1. The van der Waals surface area contributed by atoms with Gasteiger partial charge in [0.25, 0.3) is 0 Å². The highest BCUT2D eigenvalue weighted by Gasteiger charge is 2.34. The number of nitroso groups, excluding NO2 is 1. The predicted molar refractivity (Wildman–Crippen MR) is 106 cm³/mol. The topological polar surface area (TPSA) is 79.9 Å². The zero-order valence-corrected chi connectivity index (χ0v) is 17.3. The fraction of sp³-hybridized carbons (Fsp3) is 0.286. The van der Waals surface area contributed by atoms with Gasteiger partial charge in [-0.2, -0.15) is 18.3 Å². The first-order chi connectivity index (χ1) is 14.4. The van der Waals surface area contributed by atoms with E-state index < -0.39 is 17.6 Å². The second-order valence-electron chi connectivity index (χ2n) is 7.89. The third-order valence-corrected chi connectivity index (χ3v) is 4.50. The minimum atomic E-state index is -4.55. The van der Waals surface area contributed by atoms with Gasteiger partial charge in [-0.1, -0.05) is 44.4 Å². The van der Waals surface area contributed by atoms with Crippen molar-refractivity contribution in [3.63, 3.8) is 0 Å². The van der Waals surface area contributed by atoms with Crippen LogP contribution < -0.4 is 5.43 Å². The first kappa shape index (κ1) is 22.1. The van der Waals surface area contributed by atoms with Gasteiger partial charge in [0.15, 0.2) is 11.1 Å². The normalized spacial score (nSPS) is 12.0. The Morgan fingerprint density at radius 2 is 1.81 bits per heavy atom. The van der Waals surface area contributed by atoms with Gasteiger partial charge in [-0.25, -0.2) is 4.98 Å². The molecule has 0 saturated heterocycles. The molecule has 1 aromatic carbocycles. The van der Waals surface area contributed by atoms with Crippen LogP contribution in [0.25, 0.3) is 11.3 Å². The van der Waals surface area contributed by atoms with E-state index in [1.807, 2.05) is 20.8 Å². The minimum Gasteiger partial charge on any atom is -0.262 e. The number of hydrogen-bond acceptors (Lipinski definition) is 4. The Labute approximate surface area is 176 Å². The average molecular weight is 431 g/mol. The third kappa shape index (κ3) is 4.79. The highest BCUT2D eigenvalue weighted by atomic mass is 19.4. The molecule has 3 rings (SSSR count). The maximum absolute atomic E-state index is 13.2. The summed E-state index contributed by atoms with van der Waals surface area (Å²) in [5.41, 5.74) is 1.56. The van der Waals surface area contributed by atoms with Crippen molar-refractivity contribution >= 4 is 11.6 Å². The van der Waals surface area contributed by atoms with Crippen LogP contribution in [0.3, 0.4) is 0 Å². The summed E-state index contributed by atoms with van der Waals surface area (Å²) in [5.74, 6) is -0.694. The first-order valence-electron chi connectivity index (χ1n) is 9.26. The zero-order chi connectivity index (χ0) is 23.0. The van der Waals surface area contributed by atoms with Crippen LogP contribution in [0.4, 0.5) is 18.9 Å². The molecule has 31 heavy (non-hydrogen) atoms. The first-order valence-corrected chi connectivity index (χ1v) is 9.26. The molecule has 0 aliphatic heterocycles. The Kier molecular flexibility index (Phi) is 5.66. The largest absolute Gasteiger partial charge is 0.417 e. The molecule has 7 nitrogen and oxygen atoms in total. The van der Waals surface area contributed by atoms with Gasteiger partial charge in [0.2, 0.25) is 0 Å². The van der Waals surface area contributed by atoms with E-state index in [0.717, 1.165) is 6.07 Å². The molecule has 0 aliphatic carbocycles. The van der Waals surface area contributed by atoms with Crippen LogP contribution in [0.15, 0.2) is 42.5 Å². The lowest BCUT2D eigenvalue weighted by molar-refractivity contribution is -0.511. The number of rotatable bonds is 4. The fourth-order valence-corrected chi connectivity index (χ4v) is 2.82. The molecule has 0 atom stereocenters. The summed E-state index contributed by atoms with van der Waals surface area (Å²) in [6.07, 6.45) is -2.18. The van der Waals surface area contributed by atoms with Crippen LogP contribution in [0.5, 0.6) is 0 Å². The summed E-state index contributed by atoms with van der Waals surface area (Å²) in [6.45, 7) is 5.82. The minimum absolute atomic E-state index is 0.00199. The Morgan fingerprint density at radius 3 is 2.35 bits per heavy atom. The molecule has 1 amide bonds. The van der Waals surface area contributed by atoms with E-state index in [0.29, 0.717) is 5.69 Å². The smallest absolute Gasteiger partial charge is 0.262 e. The van der Waals surface area contributed by atoms with Crippen molar-refractivity contribution < 1.29 is 22.8 Å². The number of carbonyl (C=O) groups excluding carboxylic acids is 1. The Bertz CT molecular complexity index is 1130. The lowest BCUT2D eigenvalue weighted by Crippen LogP contribution is -2.31. The molecule has 1 N–H and O–H groups in total. The number of nitrogens with zero attached hydrogens (tertiary/aromatic N) is 4. The van der Waals surface area contributed by atoms with Gasteiger partial charge >= 0.3 is 17.8 Å². The molecule has 0 spiro atoms. The van der Waals surface area contributed by atoms with E-state index in [-0.39, 0.29) is 32.9 Å². The number of aromatic nitrogens is 3. The van der Waals surface area contributed by atoms with Gasteiger partial charge < -0.3 is 0 Å². The number of amides is 1. The van der Waals surface area contributed by atoms with E-state index in [2.05, 4.69) is 21.7 Å². The monoisotopic (exact) mass is 431 g/mol. The van der Waals surface area contributed by atoms with Gasteiger partial charge in [-0.15, -0.1) is 0 Å². The van der Waals surface area contributed by atoms with E-state index in [1.165, 1.54) is 35.0 Å². The van der Waals surface area contributed by atoms with Crippen molar-refractivity contribution in [1.82, 2.24) is 20.2 Å². The Hall–Kier alpha value is -3.56. The molecule has 10 heteroatoms. The molecule has 0 bridgehead atoms. The number of halogens is 3. The molecular formula is C21H20F3N5O2+. The number of hydrazine groups is 1. The van der Waals surface area contributed by atoms with Gasteiger partial charge in [0, 0.05) is 24.1 Å². The molecule has 2 heterocycles. The second kappa shape index (κ2) is 7.93. The summed E-state index contributed by atoms with van der Waals surface area (Å²) in [7, 11) is 1.58. The maximum Gasteiger partial charge on any atom is 0.417 e. The van der Waals surface area contributed by atoms with E-state index in [4.69, 9.17) is 0 Å². The molecule has 161 valence electrons. The molecule has 3 aromatic rings. The number of hydrogen-bond donors (Lipinski definition) is 1. The van der Waals surface area contributed by atoms with Crippen LogP contribution in [0.1, 0.15) is 42.5 Å². The standard InChI is InChI=1S/C21H19F3N5O2/c1-20(2,3)18-11-17(28(4)26-18)19(30)27-29(31)13-9-10-16(25-12-13)14-7-5-6-8-15(14)21(22,23)24/h5-11H,1-4H3/p+1. The van der Waals surface area contributed by atoms with Crippen molar-refractivity contribution in [2.75, 3.05) is 0 Å². The molecular weight excluding hydrogens is 411 g/mol. The lowest BCUT2D eigenvalue weighted by Gasteiger charge is -2.13. The van der Waals surface area contributed by atoms with Crippen molar-refractivity contribution in [2.45, 2.75) is 32.4 Å². The van der Waals surface area contributed by atoms with Crippen molar-refractivity contribution in [3.8, 4) is 11.3 Å². The molecule has 0 aliphatic rings. The number of carbonyl (C=O) groups is 1. The fourth-order valence-electron chi connectivity index (χ4n) is 2.82. The number of benzene rings is 1. The highest BCUT2D eigenvalue weighted by molar-refractivity contribution is 5.91. The molecule has 0 saturated carbocycles. The number of pyridine rings is 1. The van der Waals surface area contributed by atoms with Gasteiger partial charge in [-0.3, -0.25) is 9.48 Å². The summed E-state index contributed by atoms with van der Waals surface area (Å²) in [4.78, 5) is 28.8. The van der Waals surface area contributed by atoms with Gasteiger partial charge in [0.1, 0.15) is 5.69 Å². The summed E-state index contributed by atoms with van der Waals surface area (Å²) in [5, 5.41) is 4.28. The Morgan fingerprint density at radius 1 is 1.13 bits per heavy atom. The second-order valence-corrected chi connectivity index (χ2v) is 7.89. The Balaban J connectivity index is 1.79. The average Bonchev–Trinajstić information content (AvgIpc) is 3.10. The SMILES string of the molecule is Cn1nc(C(C)(C)C)cc1C(=O)N[N+](=O)c1[c]nc(-c2ccccc2C(F)(F)F)cc1. The van der Waals surface area contributed by atoms with Crippen LogP contribution in [0, 0.1) is 11.1 Å². The van der Waals surface area contributed by atoms with Crippen LogP contribution >= 0.6 is 0 Å². The van der Waals surface area contributed by atoms with Crippen LogP contribution in [-0.4, -0.2) is 25.5 Å². The summed E-state index contributed by atoms with van der Waals surface area (Å²) >= 11 is 0. The van der Waals surface area contributed by atoms with E-state index in [9.17, 15) is 22.9 Å². The predicted octanol–water partition coefficient (Wildman–Crippen LogP) is 4.35. The van der Waals surface area contributed by atoms with E-state index in [1.54, 1.807) is 13.1 Å². The van der Waals surface area contributed by atoms with Crippen molar-refractivity contribution in [3.05, 3.63) is 70.5 Å². The highest BCUT2D eigenvalue weighted by Crippen LogP contribution is 2.36.